The average molecular weight is 402 g/mol. The van der Waals surface area contributed by atoms with E-state index < -0.39 is 0 Å². The van der Waals surface area contributed by atoms with Gasteiger partial charge in [0.1, 0.15) is 11.5 Å². The minimum absolute atomic E-state index is 0.0840. The molecule has 0 atom stereocenters. The van der Waals surface area contributed by atoms with Gasteiger partial charge in [0.25, 0.3) is 5.91 Å². The molecule has 1 aromatic heterocycles. The SMILES string of the molecule is Cc1ccccc1CN1CCCN(C(=O)c2ccc(Oc3cccnc3)cc2)CC1. The average Bonchev–Trinajstić information content (AvgIpc) is 3.02. The first kappa shape index (κ1) is 20.1. The Balaban J connectivity index is 1.35. The van der Waals surface area contributed by atoms with Gasteiger partial charge in [-0.1, -0.05) is 24.3 Å². The van der Waals surface area contributed by atoms with E-state index in [1.807, 2.05) is 41.3 Å². The van der Waals surface area contributed by atoms with Crippen molar-refractivity contribution in [1.29, 1.82) is 0 Å². The van der Waals surface area contributed by atoms with Crippen LogP contribution in [0.25, 0.3) is 0 Å². The number of benzene rings is 2. The van der Waals surface area contributed by atoms with E-state index in [9.17, 15) is 4.79 Å². The van der Waals surface area contributed by atoms with Crippen LogP contribution in [-0.2, 0) is 6.54 Å². The van der Waals surface area contributed by atoms with Gasteiger partial charge in [-0.3, -0.25) is 14.7 Å². The monoisotopic (exact) mass is 401 g/mol. The van der Waals surface area contributed by atoms with Crippen LogP contribution in [0.1, 0.15) is 27.9 Å². The van der Waals surface area contributed by atoms with E-state index in [4.69, 9.17) is 4.74 Å². The van der Waals surface area contributed by atoms with Gasteiger partial charge >= 0.3 is 0 Å². The van der Waals surface area contributed by atoms with Crippen molar-refractivity contribution >= 4 is 5.91 Å². The van der Waals surface area contributed by atoms with Crippen molar-refractivity contribution < 1.29 is 9.53 Å². The zero-order valence-corrected chi connectivity index (χ0v) is 17.3. The summed E-state index contributed by atoms with van der Waals surface area (Å²) >= 11 is 0. The Morgan fingerprint density at radius 1 is 0.933 bits per heavy atom. The molecule has 0 radical (unpaired) electrons. The maximum absolute atomic E-state index is 13.0. The molecule has 30 heavy (non-hydrogen) atoms. The highest BCUT2D eigenvalue weighted by atomic mass is 16.5. The zero-order chi connectivity index (χ0) is 20.8. The summed E-state index contributed by atoms with van der Waals surface area (Å²) in [5.41, 5.74) is 3.38. The first-order valence-corrected chi connectivity index (χ1v) is 10.4. The van der Waals surface area contributed by atoms with Crippen LogP contribution in [0.4, 0.5) is 0 Å². The number of carbonyl (C=O) groups excluding carboxylic acids is 1. The first-order valence-electron chi connectivity index (χ1n) is 10.4. The fourth-order valence-corrected chi connectivity index (χ4v) is 3.75. The smallest absolute Gasteiger partial charge is 0.253 e. The molecule has 154 valence electrons. The quantitative estimate of drug-likeness (QED) is 0.630. The summed E-state index contributed by atoms with van der Waals surface area (Å²) in [6.45, 7) is 6.54. The third-order valence-electron chi connectivity index (χ3n) is 5.50. The van der Waals surface area contributed by atoms with Gasteiger partial charge in [-0.05, 0) is 60.9 Å². The summed E-state index contributed by atoms with van der Waals surface area (Å²) in [7, 11) is 0. The summed E-state index contributed by atoms with van der Waals surface area (Å²) in [4.78, 5) is 21.5. The molecule has 0 unspecified atom stereocenters. The summed E-state index contributed by atoms with van der Waals surface area (Å²) in [5, 5.41) is 0. The molecule has 0 saturated carbocycles. The van der Waals surface area contributed by atoms with Crippen LogP contribution in [0.3, 0.4) is 0 Å². The van der Waals surface area contributed by atoms with E-state index in [0.29, 0.717) is 17.1 Å². The van der Waals surface area contributed by atoms with E-state index in [1.54, 1.807) is 12.4 Å². The summed E-state index contributed by atoms with van der Waals surface area (Å²) in [6.07, 6.45) is 4.36. The maximum Gasteiger partial charge on any atom is 0.253 e. The van der Waals surface area contributed by atoms with Crippen molar-refractivity contribution in [3.05, 3.63) is 89.7 Å². The summed E-state index contributed by atoms with van der Waals surface area (Å²) < 4.78 is 5.76. The molecule has 0 N–H and O–H groups in total. The second kappa shape index (κ2) is 9.55. The number of aromatic nitrogens is 1. The van der Waals surface area contributed by atoms with Crippen molar-refractivity contribution in [2.75, 3.05) is 26.2 Å². The van der Waals surface area contributed by atoms with Crippen molar-refractivity contribution in [2.45, 2.75) is 19.9 Å². The Kier molecular flexibility index (Phi) is 6.40. The molecule has 5 nitrogen and oxygen atoms in total. The highest BCUT2D eigenvalue weighted by Crippen LogP contribution is 2.21. The van der Waals surface area contributed by atoms with Gasteiger partial charge in [-0.25, -0.2) is 0 Å². The molecule has 2 aromatic carbocycles. The molecule has 1 amide bonds. The Hall–Kier alpha value is -3.18. The number of nitrogens with zero attached hydrogens (tertiary/aromatic N) is 3. The lowest BCUT2D eigenvalue weighted by molar-refractivity contribution is 0.0761. The molecular weight excluding hydrogens is 374 g/mol. The van der Waals surface area contributed by atoms with Crippen LogP contribution in [0.2, 0.25) is 0 Å². The van der Waals surface area contributed by atoms with E-state index in [1.165, 1.54) is 11.1 Å². The Bertz CT molecular complexity index is 973. The Labute approximate surface area is 177 Å². The molecule has 1 saturated heterocycles. The van der Waals surface area contributed by atoms with Crippen LogP contribution in [0.15, 0.2) is 73.1 Å². The number of aryl methyl sites for hydroxylation is 1. The third-order valence-corrected chi connectivity index (χ3v) is 5.50. The number of hydrogen-bond acceptors (Lipinski definition) is 4. The van der Waals surface area contributed by atoms with Crippen molar-refractivity contribution in [3.8, 4) is 11.5 Å². The lowest BCUT2D eigenvalue weighted by Crippen LogP contribution is -2.35. The first-order chi connectivity index (χ1) is 14.7. The van der Waals surface area contributed by atoms with Crippen LogP contribution >= 0.6 is 0 Å². The molecule has 0 spiro atoms. The number of rotatable bonds is 5. The van der Waals surface area contributed by atoms with Gasteiger partial charge in [-0.15, -0.1) is 0 Å². The lowest BCUT2D eigenvalue weighted by atomic mass is 10.1. The predicted octanol–water partition coefficient (Wildman–Crippen LogP) is 4.53. The van der Waals surface area contributed by atoms with Crippen molar-refractivity contribution in [1.82, 2.24) is 14.8 Å². The van der Waals surface area contributed by atoms with Crippen LogP contribution < -0.4 is 4.74 Å². The van der Waals surface area contributed by atoms with Gasteiger partial charge in [0, 0.05) is 44.5 Å². The van der Waals surface area contributed by atoms with E-state index in [0.717, 1.165) is 39.1 Å². The molecule has 5 heteroatoms. The minimum Gasteiger partial charge on any atom is -0.456 e. The molecule has 2 heterocycles. The van der Waals surface area contributed by atoms with Gasteiger partial charge in [0.05, 0.1) is 6.20 Å². The Morgan fingerprint density at radius 2 is 1.77 bits per heavy atom. The van der Waals surface area contributed by atoms with E-state index >= 15 is 0 Å². The molecule has 1 aliphatic rings. The maximum atomic E-state index is 13.0. The van der Waals surface area contributed by atoms with Crippen LogP contribution in [0.5, 0.6) is 11.5 Å². The zero-order valence-electron chi connectivity index (χ0n) is 17.3. The molecular formula is C25H27N3O2. The standard InChI is InChI=1S/C25H27N3O2/c1-20-6-2-3-7-22(20)19-27-14-5-15-28(17-16-27)25(29)21-9-11-23(12-10-21)30-24-8-4-13-26-18-24/h2-4,6-13,18H,5,14-17,19H2,1H3. The normalized spacial score (nSPS) is 14.9. The highest BCUT2D eigenvalue weighted by Gasteiger charge is 2.20. The lowest BCUT2D eigenvalue weighted by Gasteiger charge is -2.22. The number of hydrogen-bond donors (Lipinski definition) is 0. The number of pyridine rings is 1. The van der Waals surface area contributed by atoms with Crippen LogP contribution in [0, 0.1) is 6.92 Å². The topological polar surface area (TPSA) is 45.7 Å². The molecule has 3 aromatic rings. The second-order valence-corrected chi connectivity index (χ2v) is 7.66. The summed E-state index contributed by atoms with van der Waals surface area (Å²) in [6, 6.07) is 19.6. The molecule has 4 rings (SSSR count). The second-order valence-electron chi connectivity index (χ2n) is 7.66. The van der Waals surface area contributed by atoms with Gasteiger partial charge in [0.15, 0.2) is 0 Å². The third kappa shape index (κ3) is 5.05. The van der Waals surface area contributed by atoms with Gasteiger partial charge < -0.3 is 9.64 Å². The molecule has 1 aliphatic heterocycles. The van der Waals surface area contributed by atoms with E-state index in [-0.39, 0.29) is 5.91 Å². The fraction of sp³-hybridized carbons (Fsp3) is 0.280. The number of ether oxygens (including phenoxy) is 1. The number of amides is 1. The van der Waals surface area contributed by atoms with Crippen LogP contribution in [-0.4, -0.2) is 46.9 Å². The fourth-order valence-electron chi connectivity index (χ4n) is 3.75. The summed E-state index contributed by atoms with van der Waals surface area (Å²) in [5.74, 6) is 1.46. The van der Waals surface area contributed by atoms with E-state index in [2.05, 4.69) is 41.1 Å². The predicted molar refractivity (Wildman–Crippen MR) is 118 cm³/mol. The number of carbonyl (C=O) groups is 1. The van der Waals surface area contributed by atoms with Crippen molar-refractivity contribution in [2.24, 2.45) is 0 Å². The van der Waals surface area contributed by atoms with Crippen molar-refractivity contribution in [3.63, 3.8) is 0 Å². The van der Waals surface area contributed by atoms with Gasteiger partial charge in [-0.2, -0.15) is 0 Å². The molecule has 0 aliphatic carbocycles. The highest BCUT2D eigenvalue weighted by molar-refractivity contribution is 5.94. The molecule has 0 bridgehead atoms. The molecule has 1 fully saturated rings. The van der Waals surface area contributed by atoms with Gasteiger partial charge in [0.2, 0.25) is 0 Å². The largest absolute Gasteiger partial charge is 0.456 e. The minimum atomic E-state index is 0.0840. The Morgan fingerprint density at radius 3 is 2.53 bits per heavy atom.